The third-order valence-electron chi connectivity index (χ3n) is 9.94. The molecule has 236 valence electrons. The Morgan fingerprint density at radius 2 is 1.23 bits per heavy atom. The Bertz CT molecular complexity index is 1420. The molecule has 0 unspecified atom stereocenters. The minimum absolute atomic E-state index is 0.00220. The van der Waals surface area contributed by atoms with E-state index in [-0.39, 0.29) is 12.0 Å². The van der Waals surface area contributed by atoms with E-state index in [9.17, 15) is 5.11 Å². The van der Waals surface area contributed by atoms with Crippen LogP contribution in [0.25, 0.3) is 28.3 Å². The first-order valence-electron chi connectivity index (χ1n) is 17.8. The van der Waals surface area contributed by atoms with Gasteiger partial charge >= 0.3 is 0 Å². The number of hydrogen-bond acceptors (Lipinski definition) is 4. The maximum atomic E-state index is 10.5. The van der Waals surface area contributed by atoms with Crippen LogP contribution in [0.5, 0.6) is 0 Å². The van der Waals surface area contributed by atoms with Crippen molar-refractivity contribution in [3.63, 3.8) is 0 Å². The van der Waals surface area contributed by atoms with Crippen LogP contribution in [-0.4, -0.2) is 13.9 Å². The van der Waals surface area contributed by atoms with Crippen molar-refractivity contribution in [2.24, 2.45) is 5.41 Å². The van der Waals surface area contributed by atoms with Crippen LogP contribution < -0.4 is 0 Å². The van der Waals surface area contributed by atoms with Gasteiger partial charge in [0.15, 0.2) is 0 Å². The predicted molar refractivity (Wildman–Crippen MR) is 191 cm³/mol. The second-order valence-electron chi connectivity index (χ2n) is 13.3. The summed E-state index contributed by atoms with van der Waals surface area (Å²) in [5, 5.41) is 10.5. The lowest BCUT2D eigenvalue weighted by Crippen LogP contribution is -2.21. The van der Waals surface area contributed by atoms with Crippen LogP contribution in [-0.2, 0) is 6.61 Å². The molecule has 2 aromatic carbocycles. The molecule has 0 radical (unpaired) electrons. The molecule has 0 aliphatic heterocycles. The maximum Gasteiger partial charge on any atom is 0.112 e. The number of aliphatic hydroxyl groups is 1. The summed E-state index contributed by atoms with van der Waals surface area (Å²) in [4.78, 5) is 0. The highest BCUT2D eigenvalue weighted by atomic mass is 32.1. The Labute approximate surface area is 270 Å². The van der Waals surface area contributed by atoms with Gasteiger partial charge in [0.25, 0.3) is 0 Å². The van der Waals surface area contributed by atoms with Crippen molar-refractivity contribution in [3.05, 3.63) is 76.4 Å². The lowest BCUT2D eigenvalue weighted by Gasteiger charge is -2.35. The van der Waals surface area contributed by atoms with E-state index in [1.54, 1.807) is 0 Å². The van der Waals surface area contributed by atoms with Crippen LogP contribution in [0.4, 0.5) is 0 Å². The molecular formula is C40H54N2OS. The van der Waals surface area contributed by atoms with Gasteiger partial charge in [-0.3, -0.25) is 0 Å². The largest absolute Gasteiger partial charge is 0.392 e. The zero-order valence-corrected chi connectivity index (χ0v) is 28.2. The second-order valence-corrected chi connectivity index (χ2v) is 13.9. The van der Waals surface area contributed by atoms with Gasteiger partial charge in [-0.2, -0.15) is 8.75 Å². The van der Waals surface area contributed by atoms with E-state index >= 15 is 0 Å². The van der Waals surface area contributed by atoms with Gasteiger partial charge in [-0.25, -0.2) is 0 Å². The molecule has 4 heteroatoms. The van der Waals surface area contributed by atoms with Gasteiger partial charge in [-0.15, -0.1) is 0 Å². The monoisotopic (exact) mass is 610 g/mol. The zero-order valence-electron chi connectivity index (χ0n) is 27.4. The van der Waals surface area contributed by atoms with Crippen LogP contribution in [0.2, 0.25) is 0 Å². The van der Waals surface area contributed by atoms with Crippen LogP contribution in [0, 0.1) is 5.41 Å². The Morgan fingerprint density at radius 1 is 0.636 bits per heavy atom. The Morgan fingerprint density at radius 3 is 1.86 bits per heavy atom. The van der Waals surface area contributed by atoms with Gasteiger partial charge in [0, 0.05) is 11.0 Å². The summed E-state index contributed by atoms with van der Waals surface area (Å²) < 4.78 is 9.37. The molecule has 3 aromatic rings. The Balaban J connectivity index is 1.45. The van der Waals surface area contributed by atoms with Gasteiger partial charge < -0.3 is 5.11 Å². The van der Waals surface area contributed by atoms with E-state index in [2.05, 4.69) is 66.8 Å². The molecule has 0 saturated heterocycles. The summed E-state index contributed by atoms with van der Waals surface area (Å²) in [5.41, 5.74) is 10.4. The molecule has 1 aromatic heterocycles. The number of nitrogens with zero attached hydrogens (tertiary/aromatic N) is 2. The zero-order chi connectivity index (χ0) is 30.6. The summed E-state index contributed by atoms with van der Waals surface area (Å²) >= 11 is 1.27. The van der Waals surface area contributed by atoms with Gasteiger partial charge in [0.05, 0.1) is 18.3 Å². The third kappa shape index (κ3) is 7.98. The average Bonchev–Trinajstić information content (AvgIpc) is 3.68. The van der Waals surface area contributed by atoms with Crippen molar-refractivity contribution in [2.75, 3.05) is 0 Å². The molecular weight excluding hydrogens is 557 g/mol. The molecule has 0 atom stereocenters. The van der Waals surface area contributed by atoms with Crippen molar-refractivity contribution in [2.45, 2.75) is 136 Å². The molecule has 0 bridgehead atoms. The number of unbranched alkanes of at least 4 members (excludes halogenated alkanes) is 14. The number of fused-ring (bicyclic) bond motifs is 4. The van der Waals surface area contributed by atoms with Crippen LogP contribution in [0.1, 0.15) is 152 Å². The molecule has 1 N–H and O–H groups in total. The molecule has 44 heavy (non-hydrogen) atoms. The number of rotatable bonds is 20. The number of hydrogen-bond donors (Lipinski definition) is 1. The fourth-order valence-corrected chi connectivity index (χ4v) is 7.98. The molecule has 3 nitrogen and oxygen atoms in total. The topological polar surface area (TPSA) is 46.0 Å². The first kappa shape index (κ1) is 32.8. The van der Waals surface area contributed by atoms with E-state index < -0.39 is 0 Å². The van der Waals surface area contributed by atoms with Crippen LogP contribution >= 0.6 is 11.7 Å². The van der Waals surface area contributed by atoms with Crippen molar-refractivity contribution in [1.82, 2.24) is 8.75 Å². The van der Waals surface area contributed by atoms with Gasteiger partial charge in [-0.1, -0.05) is 159 Å². The molecule has 2 aliphatic carbocycles. The summed E-state index contributed by atoms with van der Waals surface area (Å²) in [6.45, 7) is 4.59. The van der Waals surface area contributed by atoms with E-state index in [1.807, 2.05) is 6.07 Å². The first-order valence-corrected chi connectivity index (χ1v) is 18.6. The summed E-state index contributed by atoms with van der Waals surface area (Å²) in [7, 11) is 0. The lowest BCUT2D eigenvalue weighted by atomic mass is 9.69. The van der Waals surface area contributed by atoms with Crippen LogP contribution in [0.15, 0.2) is 54.1 Å². The molecule has 0 amide bonds. The normalized spacial score (nSPS) is 15.2. The molecule has 0 fully saturated rings. The summed E-state index contributed by atoms with van der Waals surface area (Å²) in [5.74, 6) is 0. The molecule has 2 aliphatic rings. The smallest absolute Gasteiger partial charge is 0.112 e. The lowest BCUT2D eigenvalue weighted by molar-refractivity contribution is 0.281. The van der Waals surface area contributed by atoms with E-state index in [1.165, 1.54) is 155 Å². The second kappa shape index (κ2) is 16.7. The van der Waals surface area contributed by atoms with E-state index in [0.29, 0.717) is 0 Å². The number of allylic oxidation sites excluding steroid dienone is 5. The summed E-state index contributed by atoms with van der Waals surface area (Å²) in [6, 6.07) is 12.9. The number of benzene rings is 2. The maximum absolute atomic E-state index is 10.5. The van der Waals surface area contributed by atoms with Gasteiger partial charge in [-0.05, 0) is 58.4 Å². The van der Waals surface area contributed by atoms with Gasteiger partial charge in [0.1, 0.15) is 11.0 Å². The van der Waals surface area contributed by atoms with Crippen molar-refractivity contribution in [1.29, 1.82) is 0 Å². The quantitative estimate of drug-likeness (QED) is 0.129. The summed E-state index contributed by atoms with van der Waals surface area (Å²) in [6.07, 6.45) is 31.4. The minimum atomic E-state index is 0.00220. The van der Waals surface area contributed by atoms with Gasteiger partial charge in [0.2, 0.25) is 0 Å². The minimum Gasteiger partial charge on any atom is -0.392 e. The molecule has 0 spiro atoms. The molecule has 5 rings (SSSR count). The van der Waals surface area contributed by atoms with Crippen molar-refractivity contribution in [3.8, 4) is 0 Å². The Kier molecular flexibility index (Phi) is 12.4. The highest BCUT2D eigenvalue weighted by molar-refractivity contribution is 7.00. The van der Waals surface area contributed by atoms with E-state index in [0.717, 1.165) is 22.2 Å². The van der Waals surface area contributed by atoms with E-state index in [4.69, 9.17) is 4.37 Å². The molecule has 0 saturated carbocycles. The Hall–Kier alpha value is -2.56. The average molecular weight is 611 g/mol. The number of aromatic nitrogens is 2. The highest BCUT2D eigenvalue weighted by Crippen LogP contribution is 2.53. The van der Waals surface area contributed by atoms with Crippen molar-refractivity contribution >= 4 is 40.0 Å². The standard InChI is InChI=1S/C40H54N2OS/c1-3-5-7-9-11-13-15-19-25-40(26-20-16-14-12-10-8-6-4-2)28-35-33-22-18-17-21-31(33)27-34(35)36(29-40)38-32(30-43)23-24-37-39(38)42-44-41-37/h17-18,21-24,27-29,43H,3-16,19-20,25-26,30H2,1-2H3. The predicted octanol–water partition coefficient (Wildman–Crippen LogP) is 12.1. The SMILES string of the molecule is CCCCCCCCCCC1(CCCCCCCCCC)C=C2C(=Cc3ccccc32)C(c2c(CO)ccc3nsnc23)=C1. The highest BCUT2D eigenvalue weighted by Gasteiger charge is 2.36. The fraction of sp³-hybridized carbons (Fsp3) is 0.550. The first-order chi connectivity index (χ1) is 21.7. The number of aliphatic hydroxyl groups excluding tert-OH is 1. The molecule has 1 heterocycles. The third-order valence-corrected chi connectivity index (χ3v) is 10.5. The van der Waals surface area contributed by atoms with Crippen molar-refractivity contribution < 1.29 is 5.11 Å². The fourth-order valence-electron chi connectivity index (χ4n) is 7.44. The van der Waals surface area contributed by atoms with Crippen LogP contribution in [0.3, 0.4) is 0 Å².